The number of nitrogens with zero attached hydrogens (tertiary/aromatic N) is 2. The van der Waals surface area contributed by atoms with Crippen molar-refractivity contribution in [1.82, 2.24) is 15.1 Å². The van der Waals surface area contributed by atoms with E-state index in [1.807, 2.05) is 14.0 Å². The molecule has 0 saturated carbocycles. The fourth-order valence-electron chi connectivity index (χ4n) is 1.85. The van der Waals surface area contributed by atoms with Crippen LogP contribution in [0.2, 0.25) is 0 Å². The van der Waals surface area contributed by atoms with Crippen LogP contribution in [0.15, 0.2) is 0 Å². The van der Waals surface area contributed by atoms with Gasteiger partial charge in [0.15, 0.2) is 0 Å². The number of rotatable bonds is 4. The molecular weight excluding hydrogens is 254 g/mol. The van der Waals surface area contributed by atoms with Crippen molar-refractivity contribution in [3.63, 3.8) is 0 Å². The molecule has 0 aliphatic carbocycles. The average molecular weight is 273 g/mol. The summed E-state index contributed by atoms with van der Waals surface area (Å²) in [5.41, 5.74) is 0. The maximum atomic E-state index is 11.9. The van der Waals surface area contributed by atoms with Crippen LogP contribution in [0.5, 0.6) is 0 Å². The minimum absolute atomic E-state index is 0.183. The third kappa shape index (κ3) is 4.40. The lowest BCUT2D eigenvalue weighted by atomic mass is 10.2. The predicted molar refractivity (Wildman–Crippen MR) is 65.9 cm³/mol. The fraction of sp³-hybridized carbons (Fsp3) is 0.727. The second-order valence-corrected chi connectivity index (χ2v) is 4.71. The minimum atomic E-state index is -1.40. The molecule has 8 heteroatoms. The van der Waals surface area contributed by atoms with E-state index in [1.165, 1.54) is 4.90 Å². The lowest BCUT2D eigenvalue weighted by Gasteiger charge is -2.37. The first-order valence-corrected chi connectivity index (χ1v) is 6.01. The van der Waals surface area contributed by atoms with Crippen LogP contribution in [0, 0.1) is 0 Å². The highest BCUT2D eigenvalue weighted by Gasteiger charge is 2.28. The molecular formula is C11H19N3O5. The van der Waals surface area contributed by atoms with Gasteiger partial charge in [0, 0.05) is 25.7 Å². The van der Waals surface area contributed by atoms with Crippen LogP contribution in [-0.2, 0) is 9.59 Å². The molecule has 2 atom stereocenters. The molecule has 0 radical (unpaired) electrons. The highest BCUT2D eigenvalue weighted by atomic mass is 16.4. The van der Waals surface area contributed by atoms with Crippen LogP contribution in [0.1, 0.15) is 13.3 Å². The normalized spacial score (nSPS) is 21.8. The standard InChI is InChI=1S/C11H19N3O5/c1-7-6-14(4-3-13(7)2)11(19)12-8(10(17)18)5-9(15)16/h7-8H,3-6H2,1-2H3,(H,12,19)(H,15,16)(H,17,18). The van der Waals surface area contributed by atoms with Gasteiger partial charge in [0.05, 0.1) is 6.42 Å². The molecule has 1 aliphatic rings. The first kappa shape index (κ1) is 15.2. The Morgan fingerprint density at radius 1 is 1.32 bits per heavy atom. The molecule has 1 aliphatic heterocycles. The molecule has 1 fully saturated rings. The summed E-state index contributed by atoms with van der Waals surface area (Å²) in [5.74, 6) is -2.61. The van der Waals surface area contributed by atoms with Crippen LogP contribution in [-0.4, -0.2) is 76.7 Å². The number of urea groups is 1. The summed E-state index contributed by atoms with van der Waals surface area (Å²) in [7, 11) is 1.95. The number of aliphatic carboxylic acids is 2. The number of carbonyl (C=O) groups is 3. The van der Waals surface area contributed by atoms with Crippen molar-refractivity contribution < 1.29 is 24.6 Å². The van der Waals surface area contributed by atoms with E-state index in [-0.39, 0.29) is 6.04 Å². The number of piperazine rings is 1. The van der Waals surface area contributed by atoms with E-state index in [1.54, 1.807) is 0 Å². The Bertz CT molecular complexity index is 373. The van der Waals surface area contributed by atoms with Gasteiger partial charge in [-0.05, 0) is 14.0 Å². The second-order valence-electron chi connectivity index (χ2n) is 4.71. The molecule has 0 spiro atoms. The molecule has 0 bridgehead atoms. The van der Waals surface area contributed by atoms with Crippen molar-refractivity contribution in [1.29, 1.82) is 0 Å². The van der Waals surface area contributed by atoms with E-state index in [0.29, 0.717) is 19.6 Å². The number of amides is 2. The van der Waals surface area contributed by atoms with Crippen molar-refractivity contribution in [2.45, 2.75) is 25.4 Å². The Hall–Kier alpha value is -1.83. The summed E-state index contributed by atoms with van der Waals surface area (Å²) in [4.78, 5) is 36.9. The zero-order valence-corrected chi connectivity index (χ0v) is 11.0. The number of carboxylic acid groups (broad SMARTS) is 2. The lowest BCUT2D eigenvalue weighted by molar-refractivity contribution is -0.145. The molecule has 0 aromatic heterocycles. The third-order valence-corrected chi connectivity index (χ3v) is 3.22. The lowest BCUT2D eigenvalue weighted by Crippen LogP contribution is -2.56. The van der Waals surface area contributed by atoms with Crippen molar-refractivity contribution in [2.24, 2.45) is 0 Å². The minimum Gasteiger partial charge on any atom is -0.481 e. The quantitative estimate of drug-likeness (QED) is 0.622. The van der Waals surface area contributed by atoms with Crippen LogP contribution in [0.4, 0.5) is 4.79 Å². The van der Waals surface area contributed by atoms with Gasteiger partial charge in [0.1, 0.15) is 6.04 Å². The van der Waals surface area contributed by atoms with E-state index in [2.05, 4.69) is 10.2 Å². The van der Waals surface area contributed by atoms with E-state index in [9.17, 15) is 14.4 Å². The molecule has 3 N–H and O–H groups in total. The molecule has 1 heterocycles. The van der Waals surface area contributed by atoms with Gasteiger partial charge in [-0.2, -0.15) is 0 Å². The molecule has 108 valence electrons. The molecule has 0 aromatic rings. The number of hydrogen-bond acceptors (Lipinski definition) is 4. The summed E-state index contributed by atoms with van der Waals surface area (Å²) >= 11 is 0. The maximum absolute atomic E-state index is 11.9. The second kappa shape index (κ2) is 6.37. The predicted octanol–water partition coefficient (Wildman–Crippen LogP) is -0.740. The highest BCUT2D eigenvalue weighted by Crippen LogP contribution is 2.07. The van der Waals surface area contributed by atoms with Gasteiger partial charge in [-0.15, -0.1) is 0 Å². The summed E-state index contributed by atoms with van der Waals surface area (Å²) in [6, 6.07) is -1.75. The SMILES string of the molecule is CC1CN(C(=O)NC(CC(=O)O)C(=O)O)CCN1C. The van der Waals surface area contributed by atoms with Crippen LogP contribution >= 0.6 is 0 Å². The van der Waals surface area contributed by atoms with Crippen molar-refractivity contribution in [3.05, 3.63) is 0 Å². The summed E-state index contributed by atoms with van der Waals surface area (Å²) < 4.78 is 0. The summed E-state index contributed by atoms with van der Waals surface area (Å²) in [5, 5.41) is 19.7. The number of nitrogens with one attached hydrogen (secondary N) is 1. The first-order valence-electron chi connectivity index (χ1n) is 6.01. The molecule has 19 heavy (non-hydrogen) atoms. The van der Waals surface area contributed by atoms with E-state index >= 15 is 0 Å². The van der Waals surface area contributed by atoms with E-state index in [0.717, 1.165) is 0 Å². The Kier molecular flexibility index (Phi) is 5.11. The van der Waals surface area contributed by atoms with Crippen LogP contribution < -0.4 is 5.32 Å². The van der Waals surface area contributed by atoms with Crippen LogP contribution in [0.25, 0.3) is 0 Å². The number of carboxylic acids is 2. The number of likely N-dealkylation sites (N-methyl/N-ethyl adjacent to an activating group) is 1. The van der Waals surface area contributed by atoms with Crippen molar-refractivity contribution in [3.8, 4) is 0 Å². The van der Waals surface area contributed by atoms with Gasteiger partial charge in [0.2, 0.25) is 0 Å². The van der Waals surface area contributed by atoms with Gasteiger partial charge >= 0.3 is 18.0 Å². The van der Waals surface area contributed by atoms with E-state index < -0.39 is 30.4 Å². The van der Waals surface area contributed by atoms with E-state index in [4.69, 9.17) is 10.2 Å². The van der Waals surface area contributed by atoms with Crippen molar-refractivity contribution in [2.75, 3.05) is 26.7 Å². The average Bonchev–Trinajstić information content (AvgIpc) is 2.31. The molecule has 1 rings (SSSR count). The zero-order valence-electron chi connectivity index (χ0n) is 11.0. The summed E-state index contributed by atoms with van der Waals surface area (Å²) in [6.07, 6.45) is -0.635. The fourth-order valence-corrected chi connectivity index (χ4v) is 1.85. The topological polar surface area (TPSA) is 110 Å². The van der Waals surface area contributed by atoms with Crippen LogP contribution in [0.3, 0.4) is 0 Å². The van der Waals surface area contributed by atoms with Gasteiger partial charge in [0.25, 0.3) is 0 Å². The molecule has 2 unspecified atom stereocenters. The largest absolute Gasteiger partial charge is 0.481 e. The Morgan fingerprint density at radius 3 is 2.42 bits per heavy atom. The van der Waals surface area contributed by atoms with Gasteiger partial charge in [-0.25, -0.2) is 9.59 Å². The Labute approximate surface area is 111 Å². The van der Waals surface area contributed by atoms with Gasteiger partial charge < -0.3 is 25.3 Å². The Balaban J connectivity index is 2.57. The maximum Gasteiger partial charge on any atom is 0.326 e. The third-order valence-electron chi connectivity index (χ3n) is 3.22. The number of carbonyl (C=O) groups excluding carboxylic acids is 1. The van der Waals surface area contributed by atoms with Gasteiger partial charge in [-0.1, -0.05) is 0 Å². The molecule has 2 amide bonds. The summed E-state index contributed by atoms with van der Waals surface area (Å²) in [6.45, 7) is 3.64. The zero-order chi connectivity index (χ0) is 14.6. The number of hydrogen-bond donors (Lipinski definition) is 3. The highest BCUT2D eigenvalue weighted by molar-refractivity contribution is 5.86. The van der Waals surface area contributed by atoms with Crippen molar-refractivity contribution >= 4 is 18.0 Å². The Morgan fingerprint density at radius 2 is 1.95 bits per heavy atom. The smallest absolute Gasteiger partial charge is 0.326 e. The molecule has 1 saturated heterocycles. The van der Waals surface area contributed by atoms with Gasteiger partial charge in [-0.3, -0.25) is 4.79 Å². The first-order chi connectivity index (χ1) is 8.81. The monoisotopic (exact) mass is 273 g/mol. The molecule has 8 nitrogen and oxygen atoms in total. The molecule has 0 aromatic carbocycles.